The lowest BCUT2D eigenvalue weighted by Crippen LogP contribution is -2.35. The van der Waals surface area contributed by atoms with E-state index >= 15 is 0 Å². The van der Waals surface area contributed by atoms with E-state index in [4.69, 9.17) is 0 Å². The van der Waals surface area contributed by atoms with Gasteiger partial charge >= 0.3 is 0 Å². The summed E-state index contributed by atoms with van der Waals surface area (Å²) in [5.41, 5.74) is 3.01. The average molecular weight is 246 g/mol. The fraction of sp³-hybridized carbons (Fsp3) is 0.625. The second kappa shape index (κ2) is 5.31. The van der Waals surface area contributed by atoms with Gasteiger partial charge in [-0.1, -0.05) is 32.9 Å². The molecule has 0 aromatic heterocycles. The van der Waals surface area contributed by atoms with Crippen LogP contribution in [0.15, 0.2) is 24.3 Å². The van der Waals surface area contributed by atoms with Crippen molar-refractivity contribution in [1.29, 1.82) is 0 Å². The van der Waals surface area contributed by atoms with Gasteiger partial charge in [0.2, 0.25) is 0 Å². The number of hydrogen-bond acceptors (Lipinski definition) is 2. The predicted molar refractivity (Wildman–Crippen MR) is 79.4 cm³/mol. The van der Waals surface area contributed by atoms with Gasteiger partial charge in [-0.25, -0.2) is 0 Å². The molecular formula is C16H26N2. The zero-order valence-corrected chi connectivity index (χ0v) is 12.2. The van der Waals surface area contributed by atoms with E-state index in [2.05, 4.69) is 62.2 Å². The molecule has 1 saturated heterocycles. The quantitative estimate of drug-likeness (QED) is 0.819. The molecule has 2 heteroatoms. The highest BCUT2D eigenvalue weighted by Gasteiger charge is 2.16. The second-order valence-electron chi connectivity index (χ2n) is 6.45. The first-order valence-electron chi connectivity index (χ1n) is 7.06. The molecule has 1 aromatic carbocycles. The monoisotopic (exact) mass is 246 g/mol. The highest BCUT2D eigenvalue weighted by atomic mass is 15.2. The Balaban J connectivity index is 2.13. The number of nitrogens with zero attached hydrogens (tertiary/aromatic N) is 1. The van der Waals surface area contributed by atoms with Crippen LogP contribution in [0, 0.1) is 0 Å². The Morgan fingerprint density at radius 2 is 1.83 bits per heavy atom. The third-order valence-electron chi connectivity index (χ3n) is 3.69. The molecule has 2 rings (SSSR count). The van der Waals surface area contributed by atoms with E-state index in [9.17, 15) is 0 Å². The van der Waals surface area contributed by atoms with Gasteiger partial charge in [-0.3, -0.25) is 0 Å². The smallest absolute Gasteiger partial charge is 0.0366 e. The molecule has 1 atom stereocenters. The van der Waals surface area contributed by atoms with Crippen molar-refractivity contribution >= 4 is 5.69 Å². The highest BCUT2D eigenvalue weighted by Crippen LogP contribution is 2.25. The van der Waals surface area contributed by atoms with Gasteiger partial charge < -0.3 is 10.2 Å². The molecule has 1 aliphatic heterocycles. The van der Waals surface area contributed by atoms with Crippen LogP contribution >= 0.6 is 0 Å². The molecular weight excluding hydrogens is 220 g/mol. The lowest BCUT2D eigenvalue weighted by molar-refractivity contribution is 0.583. The third-order valence-corrected chi connectivity index (χ3v) is 3.69. The van der Waals surface area contributed by atoms with E-state index in [1.807, 2.05) is 0 Å². The summed E-state index contributed by atoms with van der Waals surface area (Å²) < 4.78 is 0. The first-order valence-corrected chi connectivity index (χ1v) is 7.06. The van der Waals surface area contributed by atoms with Crippen LogP contribution in [0.3, 0.4) is 0 Å². The summed E-state index contributed by atoms with van der Waals surface area (Å²) in [5.74, 6) is 0. The summed E-state index contributed by atoms with van der Waals surface area (Å²) in [6.45, 7) is 12.5. The summed E-state index contributed by atoms with van der Waals surface area (Å²) in [7, 11) is 0. The van der Waals surface area contributed by atoms with Gasteiger partial charge in [0.1, 0.15) is 0 Å². The maximum absolute atomic E-state index is 3.54. The normalized spacial score (nSPS) is 21.8. The van der Waals surface area contributed by atoms with Crippen molar-refractivity contribution in [3.8, 4) is 0 Å². The third kappa shape index (κ3) is 3.26. The number of anilines is 1. The topological polar surface area (TPSA) is 15.3 Å². The maximum Gasteiger partial charge on any atom is 0.0366 e. The van der Waals surface area contributed by atoms with Crippen LogP contribution in [-0.4, -0.2) is 25.7 Å². The van der Waals surface area contributed by atoms with Gasteiger partial charge in [-0.05, 0) is 43.0 Å². The number of benzene rings is 1. The van der Waals surface area contributed by atoms with E-state index in [0.29, 0.717) is 6.04 Å². The van der Waals surface area contributed by atoms with Crippen LogP contribution in [0.2, 0.25) is 0 Å². The molecule has 1 N–H and O–H groups in total. The van der Waals surface area contributed by atoms with Gasteiger partial charge in [0.05, 0.1) is 0 Å². The van der Waals surface area contributed by atoms with Crippen molar-refractivity contribution in [2.75, 3.05) is 24.5 Å². The largest absolute Gasteiger partial charge is 0.370 e. The van der Waals surface area contributed by atoms with Crippen LogP contribution < -0.4 is 10.2 Å². The first-order chi connectivity index (χ1) is 8.47. The molecule has 1 aliphatic rings. The molecule has 0 aliphatic carbocycles. The van der Waals surface area contributed by atoms with Crippen LogP contribution in [0.25, 0.3) is 0 Å². The van der Waals surface area contributed by atoms with Crippen LogP contribution in [0.5, 0.6) is 0 Å². The van der Waals surface area contributed by atoms with Crippen LogP contribution in [0.4, 0.5) is 5.69 Å². The lowest BCUT2D eigenvalue weighted by atomic mass is 9.87. The van der Waals surface area contributed by atoms with Crippen molar-refractivity contribution in [3.05, 3.63) is 29.8 Å². The van der Waals surface area contributed by atoms with Gasteiger partial charge in [0, 0.05) is 24.8 Å². The molecule has 1 fully saturated rings. The Morgan fingerprint density at radius 1 is 1.17 bits per heavy atom. The Kier molecular flexibility index (Phi) is 3.96. The van der Waals surface area contributed by atoms with E-state index in [1.54, 1.807) is 0 Å². The van der Waals surface area contributed by atoms with E-state index in [-0.39, 0.29) is 5.41 Å². The van der Waals surface area contributed by atoms with E-state index < -0.39 is 0 Å². The first kappa shape index (κ1) is 13.4. The minimum absolute atomic E-state index is 0.242. The zero-order valence-electron chi connectivity index (χ0n) is 12.2. The Bertz CT molecular complexity index is 375. The van der Waals surface area contributed by atoms with Crippen LogP contribution in [-0.2, 0) is 5.41 Å². The number of hydrogen-bond donors (Lipinski definition) is 1. The van der Waals surface area contributed by atoms with Crippen LogP contribution in [0.1, 0.15) is 39.7 Å². The maximum atomic E-state index is 3.54. The molecule has 1 aromatic rings. The molecule has 1 unspecified atom stereocenters. The Morgan fingerprint density at radius 3 is 2.44 bits per heavy atom. The van der Waals surface area contributed by atoms with Gasteiger partial charge in [-0.2, -0.15) is 0 Å². The zero-order chi connectivity index (χ0) is 13.2. The molecule has 100 valence electrons. The standard InChI is InChI=1S/C16H26N2/c1-13-12-18(11-5-10-17-13)15-8-6-14(7-9-15)16(2,3)4/h6-9,13,17H,5,10-12H2,1-4H3. The fourth-order valence-electron chi connectivity index (χ4n) is 2.51. The summed E-state index contributed by atoms with van der Waals surface area (Å²) >= 11 is 0. The average Bonchev–Trinajstić information content (AvgIpc) is 2.53. The lowest BCUT2D eigenvalue weighted by Gasteiger charge is -2.26. The molecule has 0 amide bonds. The molecule has 0 saturated carbocycles. The van der Waals surface area contributed by atoms with E-state index in [1.165, 1.54) is 17.7 Å². The van der Waals surface area contributed by atoms with Crippen molar-refractivity contribution in [2.45, 2.75) is 45.6 Å². The SMILES string of the molecule is CC1CN(c2ccc(C(C)(C)C)cc2)CCCN1. The van der Waals surface area contributed by atoms with Crippen molar-refractivity contribution in [1.82, 2.24) is 5.32 Å². The molecule has 0 radical (unpaired) electrons. The van der Waals surface area contributed by atoms with Crippen molar-refractivity contribution in [3.63, 3.8) is 0 Å². The van der Waals surface area contributed by atoms with Gasteiger partial charge in [0.15, 0.2) is 0 Å². The minimum Gasteiger partial charge on any atom is -0.370 e. The summed E-state index contributed by atoms with van der Waals surface area (Å²) in [6, 6.07) is 9.68. The molecule has 1 heterocycles. The molecule has 0 bridgehead atoms. The fourth-order valence-corrected chi connectivity index (χ4v) is 2.51. The molecule has 0 spiro atoms. The van der Waals surface area contributed by atoms with Crippen molar-refractivity contribution < 1.29 is 0 Å². The highest BCUT2D eigenvalue weighted by molar-refractivity contribution is 5.48. The second-order valence-corrected chi connectivity index (χ2v) is 6.45. The van der Waals surface area contributed by atoms with Gasteiger partial charge in [0.25, 0.3) is 0 Å². The predicted octanol–water partition coefficient (Wildman–Crippen LogP) is 3.17. The molecule has 18 heavy (non-hydrogen) atoms. The van der Waals surface area contributed by atoms with E-state index in [0.717, 1.165) is 19.6 Å². The Hall–Kier alpha value is -1.02. The number of rotatable bonds is 1. The summed E-state index contributed by atoms with van der Waals surface area (Å²) in [4.78, 5) is 2.50. The van der Waals surface area contributed by atoms with Crippen molar-refractivity contribution in [2.24, 2.45) is 0 Å². The Labute approximate surface area is 111 Å². The van der Waals surface area contributed by atoms with Gasteiger partial charge in [-0.15, -0.1) is 0 Å². The number of nitrogens with one attached hydrogen (secondary N) is 1. The summed E-state index contributed by atoms with van der Waals surface area (Å²) in [5, 5.41) is 3.54. The molecule has 2 nitrogen and oxygen atoms in total. The summed E-state index contributed by atoms with van der Waals surface area (Å²) in [6.07, 6.45) is 1.23. The minimum atomic E-state index is 0.242.